The van der Waals surface area contributed by atoms with Crippen molar-refractivity contribution in [2.24, 2.45) is 0 Å². The highest BCUT2D eigenvalue weighted by atomic mass is 16.7. The molecule has 112 valence electrons. The molecule has 1 aromatic carbocycles. The third kappa shape index (κ3) is 6.36. The van der Waals surface area contributed by atoms with E-state index in [9.17, 15) is 0 Å². The molecule has 0 amide bonds. The monoisotopic (exact) mass is 275 g/mol. The maximum absolute atomic E-state index is 6.00. The summed E-state index contributed by atoms with van der Waals surface area (Å²) in [6.07, 6.45) is 8.71. The molecular formula is C18H29NO. The summed E-state index contributed by atoms with van der Waals surface area (Å²) in [7, 11) is 0. The minimum atomic E-state index is 0.143. The Morgan fingerprint density at radius 3 is 2.40 bits per heavy atom. The molecule has 2 nitrogen and oxygen atoms in total. The SMILES string of the molecule is C=CCCC(CCC)NOC(CCC)c1ccccc1. The quantitative estimate of drug-likeness (QED) is 0.443. The van der Waals surface area contributed by atoms with Gasteiger partial charge in [-0.25, -0.2) is 0 Å². The van der Waals surface area contributed by atoms with Crippen LogP contribution in [0.25, 0.3) is 0 Å². The van der Waals surface area contributed by atoms with Crippen molar-refractivity contribution in [3.8, 4) is 0 Å². The van der Waals surface area contributed by atoms with E-state index in [1.165, 1.54) is 12.0 Å². The molecule has 0 aliphatic heterocycles. The van der Waals surface area contributed by atoms with E-state index in [1.54, 1.807) is 0 Å². The first-order valence-corrected chi connectivity index (χ1v) is 7.88. The minimum Gasteiger partial charge on any atom is -0.293 e. The summed E-state index contributed by atoms with van der Waals surface area (Å²) in [5.74, 6) is 0. The van der Waals surface area contributed by atoms with Crippen molar-refractivity contribution in [3.63, 3.8) is 0 Å². The lowest BCUT2D eigenvalue weighted by atomic mass is 10.1. The van der Waals surface area contributed by atoms with Gasteiger partial charge in [0.15, 0.2) is 0 Å². The molecule has 0 aliphatic carbocycles. The van der Waals surface area contributed by atoms with Crippen LogP contribution in [0.5, 0.6) is 0 Å². The molecule has 0 bridgehead atoms. The van der Waals surface area contributed by atoms with Gasteiger partial charge in [0.25, 0.3) is 0 Å². The summed E-state index contributed by atoms with van der Waals surface area (Å²) in [5, 5.41) is 0. The van der Waals surface area contributed by atoms with Gasteiger partial charge in [-0.1, -0.05) is 63.1 Å². The second-order valence-corrected chi connectivity index (χ2v) is 5.28. The highest BCUT2D eigenvalue weighted by Gasteiger charge is 2.14. The summed E-state index contributed by atoms with van der Waals surface area (Å²) in [6, 6.07) is 10.9. The Labute approximate surface area is 124 Å². The number of nitrogens with one attached hydrogen (secondary N) is 1. The fourth-order valence-electron chi connectivity index (χ4n) is 2.33. The van der Waals surface area contributed by atoms with Crippen LogP contribution in [0.3, 0.4) is 0 Å². The number of hydroxylamine groups is 1. The molecular weight excluding hydrogens is 246 g/mol. The molecule has 0 aromatic heterocycles. The molecule has 1 aromatic rings. The van der Waals surface area contributed by atoms with Crippen molar-refractivity contribution in [3.05, 3.63) is 48.6 Å². The van der Waals surface area contributed by atoms with Gasteiger partial charge in [-0.2, -0.15) is 5.48 Å². The first-order valence-electron chi connectivity index (χ1n) is 7.88. The molecule has 2 heteroatoms. The van der Waals surface area contributed by atoms with Gasteiger partial charge >= 0.3 is 0 Å². The Kier molecular flexibility index (Phi) is 9.01. The van der Waals surface area contributed by atoms with Gasteiger partial charge < -0.3 is 0 Å². The number of hydrogen-bond acceptors (Lipinski definition) is 2. The molecule has 0 fully saturated rings. The van der Waals surface area contributed by atoms with Crippen LogP contribution in [0.4, 0.5) is 0 Å². The van der Waals surface area contributed by atoms with Crippen molar-refractivity contribution in [1.29, 1.82) is 0 Å². The first-order chi connectivity index (χ1) is 9.81. The summed E-state index contributed by atoms with van der Waals surface area (Å²) in [5.41, 5.74) is 4.54. The lowest BCUT2D eigenvalue weighted by Crippen LogP contribution is -2.30. The summed E-state index contributed by atoms with van der Waals surface area (Å²) in [4.78, 5) is 6.00. The van der Waals surface area contributed by atoms with Gasteiger partial charge in [0, 0.05) is 6.04 Å². The second-order valence-electron chi connectivity index (χ2n) is 5.28. The van der Waals surface area contributed by atoms with Crippen LogP contribution >= 0.6 is 0 Å². The van der Waals surface area contributed by atoms with Crippen LogP contribution in [0, 0.1) is 0 Å². The predicted octanol–water partition coefficient (Wildman–Crippen LogP) is 5.18. The standard InChI is InChI=1S/C18H29NO/c1-4-7-15-17(11-5-2)19-20-18(12-6-3)16-13-9-8-10-14-16/h4,8-10,13-14,17-19H,1,5-7,11-12,15H2,2-3H3. The van der Waals surface area contributed by atoms with E-state index in [0.29, 0.717) is 6.04 Å². The van der Waals surface area contributed by atoms with E-state index in [-0.39, 0.29) is 6.10 Å². The van der Waals surface area contributed by atoms with E-state index >= 15 is 0 Å². The fraction of sp³-hybridized carbons (Fsp3) is 0.556. The number of benzene rings is 1. The average Bonchev–Trinajstić information content (AvgIpc) is 2.49. The highest BCUT2D eigenvalue weighted by molar-refractivity contribution is 5.17. The summed E-state index contributed by atoms with van der Waals surface area (Å²) >= 11 is 0. The second kappa shape index (κ2) is 10.6. The lowest BCUT2D eigenvalue weighted by molar-refractivity contribution is -0.0525. The van der Waals surface area contributed by atoms with E-state index in [0.717, 1.165) is 32.1 Å². The summed E-state index contributed by atoms with van der Waals surface area (Å²) in [6.45, 7) is 8.20. The lowest BCUT2D eigenvalue weighted by Gasteiger charge is -2.23. The van der Waals surface area contributed by atoms with Gasteiger partial charge in [0.1, 0.15) is 6.10 Å². The van der Waals surface area contributed by atoms with E-state index < -0.39 is 0 Å². The van der Waals surface area contributed by atoms with Gasteiger partial charge in [-0.3, -0.25) is 4.84 Å². The minimum absolute atomic E-state index is 0.143. The van der Waals surface area contributed by atoms with E-state index in [4.69, 9.17) is 4.84 Å². The van der Waals surface area contributed by atoms with Crippen LogP contribution in [-0.4, -0.2) is 6.04 Å². The molecule has 0 saturated carbocycles. The number of allylic oxidation sites excluding steroid dienone is 1. The Hall–Kier alpha value is -1.12. The van der Waals surface area contributed by atoms with Crippen LogP contribution < -0.4 is 5.48 Å². The van der Waals surface area contributed by atoms with Gasteiger partial charge in [0.05, 0.1) is 0 Å². The Bertz CT molecular complexity index is 350. The maximum atomic E-state index is 6.00. The molecule has 0 radical (unpaired) electrons. The Morgan fingerprint density at radius 1 is 1.10 bits per heavy atom. The smallest absolute Gasteiger partial charge is 0.104 e. The molecule has 0 saturated heterocycles. The van der Waals surface area contributed by atoms with Crippen molar-refractivity contribution in [2.75, 3.05) is 0 Å². The Balaban J connectivity index is 2.53. The van der Waals surface area contributed by atoms with Crippen LogP contribution in [0.15, 0.2) is 43.0 Å². The van der Waals surface area contributed by atoms with Crippen LogP contribution in [-0.2, 0) is 4.84 Å². The number of rotatable bonds is 11. The molecule has 1 N–H and O–H groups in total. The van der Waals surface area contributed by atoms with Gasteiger partial charge in [0.2, 0.25) is 0 Å². The third-order valence-corrected chi connectivity index (χ3v) is 3.46. The Morgan fingerprint density at radius 2 is 1.80 bits per heavy atom. The molecule has 2 atom stereocenters. The van der Waals surface area contributed by atoms with Crippen LogP contribution in [0.2, 0.25) is 0 Å². The van der Waals surface area contributed by atoms with Gasteiger partial charge in [-0.05, 0) is 31.2 Å². The van der Waals surface area contributed by atoms with Crippen molar-refractivity contribution in [1.82, 2.24) is 5.48 Å². The van der Waals surface area contributed by atoms with Gasteiger partial charge in [-0.15, -0.1) is 6.58 Å². The zero-order valence-electron chi connectivity index (χ0n) is 13.0. The maximum Gasteiger partial charge on any atom is 0.104 e. The normalized spacial score (nSPS) is 13.9. The van der Waals surface area contributed by atoms with Crippen molar-refractivity contribution in [2.45, 2.75) is 64.5 Å². The van der Waals surface area contributed by atoms with E-state index in [2.05, 4.69) is 50.2 Å². The molecule has 1 rings (SSSR count). The van der Waals surface area contributed by atoms with Crippen molar-refractivity contribution >= 4 is 0 Å². The highest BCUT2D eigenvalue weighted by Crippen LogP contribution is 2.22. The zero-order valence-corrected chi connectivity index (χ0v) is 13.0. The molecule has 0 heterocycles. The zero-order chi connectivity index (χ0) is 14.6. The van der Waals surface area contributed by atoms with Crippen LogP contribution in [0.1, 0.15) is 64.0 Å². The molecule has 0 aliphatic rings. The molecule has 20 heavy (non-hydrogen) atoms. The molecule has 0 spiro atoms. The largest absolute Gasteiger partial charge is 0.293 e. The summed E-state index contributed by atoms with van der Waals surface area (Å²) < 4.78 is 0. The average molecular weight is 275 g/mol. The third-order valence-electron chi connectivity index (χ3n) is 3.46. The van der Waals surface area contributed by atoms with E-state index in [1.807, 2.05) is 12.1 Å². The molecule has 2 unspecified atom stereocenters. The topological polar surface area (TPSA) is 21.3 Å². The first kappa shape index (κ1) is 16.9. The fourth-order valence-corrected chi connectivity index (χ4v) is 2.33. The predicted molar refractivity (Wildman–Crippen MR) is 86.4 cm³/mol. The number of hydrogen-bond donors (Lipinski definition) is 1. The van der Waals surface area contributed by atoms with Crippen molar-refractivity contribution < 1.29 is 4.84 Å².